The average Bonchev–Trinajstić information content (AvgIpc) is 3.00. The maximum absolute atomic E-state index is 12.9. The number of fused-ring (bicyclic) bond motifs is 2. The number of nitrogens with one attached hydrogen (secondary N) is 2. The molecular weight excluding hydrogens is 332 g/mol. The molecule has 0 saturated carbocycles. The summed E-state index contributed by atoms with van der Waals surface area (Å²) in [4.78, 5) is 36.8. The Bertz CT molecular complexity index is 1050. The number of amides is 2. The smallest absolute Gasteiger partial charge is 0.232 e. The minimum absolute atomic E-state index is 0.0496. The van der Waals surface area contributed by atoms with Crippen LogP contribution in [0.25, 0.3) is 11.0 Å². The Morgan fingerprint density at radius 2 is 1.85 bits per heavy atom. The van der Waals surface area contributed by atoms with Gasteiger partial charge in [0.1, 0.15) is 5.58 Å². The fourth-order valence-electron chi connectivity index (χ4n) is 3.27. The van der Waals surface area contributed by atoms with E-state index in [1.54, 1.807) is 36.4 Å². The van der Waals surface area contributed by atoms with Gasteiger partial charge in [0.05, 0.1) is 11.6 Å². The van der Waals surface area contributed by atoms with Crippen molar-refractivity contribution in [1.82, 2.24) is 0 Å². The van der Waals surface area contributed by atoms with Crippen molar-refractivity contribution < 1.29 is 18.8 Å². The summed E-state index contributed by atoms with van der Waals surface area (Å²) in [6, 6.07) is 14.3. The molecule has 0 unspecified atom stereocenters. The largest absolute Gasteiger partial charge is 0.451 e. The van der Waals surface area contributed by atoms with Gasteiger partial charge >= 0.3 is 0 Å². The van der Waals surface area contributed by atoms with Crippen molar-refractivity contribution >= 4 is 39.9 Å². The number of Topliss-reactive ketones (excluding diaryl/α,β-unsaturated/α-hetero) is 1. The van der Waals surface area contributed by atoms with Gasteiger partial charge in [-0.2, -0.15) is 0 Å². The van der Waals surface area contributed by atoms with E-state index in [1.165, 1.54) is 6.92 Å². The second-order valence-corrected chi connectivity index (χ2v) is 6.24. The summed E-state index contributed by atoms with van der Waals surface area (Å²) in [5.41, 5.74) is 2.26. The maximum Gasteiger partial charge on any atom is 0.232 e. The molecule has 6 heteroatoms. The Morgan fingerprint density at radius 1 is 1.12 bits per heavy atom. The van der Waals surface area contributed by atoms with Gasteiger partial charge in [0.25, 0.3) is 0 Å². The number of carbonyl (C=O) groups is 3. The molecule has 26 heavy (non-hydrogen) atoms. The van der Waals surface area contributed by atoms with Crippen LogP contribution in [0.5, 0.6) is 0 Å². The van der Waals surface area contributed by atoms with Gasteiger partial charge in [-0.15, -0.1) is 0 Å². The lowest BCUT2D eigenvalue weighted by atomic mass is 9.89. The number of ketones is 1. The summed E-state index contributed by atoms with van der Waals surface area (Å²) in [5, 5.41) is 6.24. The van der Waals surface area contributed by atoms with E-state index >= 15 is 0 Å². The molecular formula is C20H16N2O4. The predicted octanol–water partition coefficient (Wildman–Crippen LogP) is 3.70. The average molecular weight is 348 g/mol. The Kier molecular flexibility index (Phi) is 3.80. The van der Waals surface area contributed by atoms with Crippen LogP contribution in [0.1, 0.15) is 35.4 Å². The molecule has 0 fully saturated rings. The molecule has 1 aliphatic heterocycles. The van der Waals surface area contributed by atoms with Crippen molar-refractivity contribution in [2.75, 3.05) is 10.6 Å². The first-order valence-electron chi connectivity index (χ1n) is 8.26. The minimum atomic E-state index is -0.631. The number of furan rings is 1. The summed E-state index contributed by atoms with van der Waals surface area (Å²) in [6.45, 7) is 1.39. The molecule has 6 nitrogen and oxygen atoms in total. The normalized spacial score (nSPS) is 16.0. The Morgan fingerprint density at radius 3 is 2.65 bits per heavy atom. The van der Waals surface area contributed by atoms with Gasteiger partial charge in [0.15, 0.2) is 11.5 Å². The van der Waals surface area contributed by atoms with Crippen LogP contribution >= 0.6 is 0 Å². The van der Waals surface area contributed by atoms with Crippen molar-refractivity contribution in [3.05, 3.63) is 59.9 Å². The number of benzene rings is 2. The SMILES string of the molecule is CC(=O)c1oc2ccccc2c1NC(=O)[C@@H]1CC(=O)Nc2ccccc21. The first kappa shape index (κ1) is 16.1. The van der Waals surface area contributed by atoms with Crippen LogP contribution in [0.2, 0.25) is 0 Å². The fourth-order valence-corrected chi connectivity index (χ4v) is 3.27. The number of rotatable bonds is 3. The number of para-hydroxylation sites is 2. The molecule has 1 aromatic heterocycles. The zero-order chi connectivity index (χ0) is 18.3. The third kappa shape index (κ3) is 2.65. The first-order chi connectivity index (χ1) is 12.5. The summed E-state index contributed by atoms with van der Waals surface area (Å²) in [6.07, 6.45) is 0.0496. The van der Waals surface area contributed by atoms with Gasteiger partial charge in [-0.05, 0) is 23.8 Å². The highest BCUT2D eigenvalue weighted by Gasteiger charge is 2.32. The van der Waals surface area contributed by atoms with Gasteiger partial charge in [0.2, 0.25) is 11.8 Å². The summed E-state index contributed by atoms with van der Waals surface area (Å²) in [7, 11) is 0. The third-order valence-electron chi connectivity index (χ3n) is 4.48. The highest BCUT2D eigenvalue weighted by molar-refractivity contribution is 6.13. The monoisotopic (exact) mass is 348 g/mol. The molecule has 1 atom stereocenters. The molecule has 4 rings (SSSR count). The molecule has 1 aliphatic rings. The Hall–Kier alpha value is -3.41. The maximum atomic E-state index is 12.9. The van der Waals surface area contributed by atoms with Gasteiger partial charge in [-0.25, -0.2) is 0 Å². The molecule has 0 saturated heterocycles. The van der Waals surface area contributed by atoms with E-state index in [0.29, 0.717) is 22.3 Å². The van der Waals surface area contributed by atoms with E-state index < -0.39 is 5.92 Å². The van der Waals surface area contributed by atoms with Crippen LogP contribution in [0.4, 0.5) is 11.4 Å². The standard InChI is InChI=1S/C20H16N2O4/c1-11(23)19-18(13-7-3-5-9-16(13)26-19)22-20(25)14-10-17(24)21-15-8-4-2-6-12(14)15/h2-9,14H,10H2,1H3,(H,21,24)(H,22,25)/t14-/m1/s1. The number of anilines is 2. The Labute approximate surface area is 149 Å². The van der Waals surface area contributed by atoms with Crippen LogP contribution in [-0.4, -0.2) is 17.6 Å². The van der Waals surface area contributed by atoms with Crippen LogP contribution in [-0.2, 0) is 9.59 Å². The van der Waals surface area contributed by atoms with Gasteiger partial charge in [-0.3, -0.25) is 14.4 Å². The summed E-state index contributed by atoms with van der Waals surface area (Å²) >= 11 is 0. The molecule has 0 aliphatic carbocycles. The van der Waals surface area contributed by atoms with Crippen LogP contribution < -0.4 is 10.6 Å². The molecule has 0 bridgehead atoms. The van der Waals surface area contributed by atoms with E-state index in [-0.39, 0.29) is 29.8 Å². The lowest BCUT2D eigenvalue weighted by molar-refractivity contribution is -0.123. The fraction of sp³-hybridized carbons (Fsp3) is 0.150. The number of carbonyl (C=O) groups excluding carboxylic acids is 3. The molecule has 2 heterocycles. The Balaban J connectivity index is 1.74. The highest BCUT2D eigenvalue weighted by Crippen LogP contribution is 2.35. The van der Waals surface area contributed by atoms with Gasteiger partial charge in [0, 0.05) is 24.4 Å². The van der Waals surface area contributed by atoms with Crippen molar-refractivity contribution in [3.63, 3.8) is 0 Å². The lowest BCUT2D eigenvalue weighted by Crippen LogP contribution is -2.31. The molecule has 0 radical (unpaired) electrons. The highest BCUT2D eigenvalue weighted by atomic mass is 16.3. The second kappa shape index (κ2) is 6.15. The van der Waals surface area contributed by atoms with E-state index in [0.717, 1.165) is 5.56 Å². The summed E-state index contributed by atoms with van der Waals surface area (Å²) < 4.78 is 5.60. The van der Waals surface area contributed by atoms with Crippen LogP contribution in [0, 0.1) is 0 Å². The topological polar surface area (TPSA) is 88.4 Å². The van der Waals surface area contributed by atoms with Gasteiger partial charge in [-0.1, -0.05) is 30.3 Å². The predicted molar refractivity (Wildman–Crippen MR) is 97.3 cm³/mol. The molecule has 130 valence electrons. The molecule has 2 N–H and O–H groups in total. The van der Waals surface area contributed by atoms with E-state index in [9.17, 15) is 14.4 Å². The van der Waals surface area contributed by atoms with Crippen LogP contribution in [0.3, 0.4) is 0 Å². The van der Waals surface area contributed by atoms with Crippen molar-refractivity contribution in [2.24, 2.45) is 0 Å². The molecule has 2 amide bonds. The molecule has 2 aromatic carbocycles. The number of hydrogen-bond donors (Lipinski definition) is 2. The summed E-state index contributed by atoms with van der Waals surface area (Å²) in [5.74, 6) is -1.37. The first-order valence-corrected chi connectivity index (χ1v) is 8.26. The quantitative estimate of drug-likeness (QED) is 0.707. The number of hydrogen-bond acceptors (Lipinski definition) is 4. The van der Waals surface area contributed by atoms with Crippen LogP contribution in [0.15, 0.2) is 52.9 Å². The third-order valence-corrected chi connectivity index (χ3v) is 4.48. The lowest BCUT2D eigenvalue weighted by Gasteiger charge is -2.24. The van der Waals surface area contributed by atoms with E-state index in [1.807, 2.05) is 12.1 Å². The van der Waals surface area contributed by atoms with Crippen molar-refractivity contribution in [1.29, 1.82) is 0 Å². The van der Waals surface area contributed by atoms with Crippen molar-refractivity contribution in [3.8, 4) is 0 Å². The van der Waals surface area contributed by atoms with Crippen molar-refractivity contribution in [2.45, 2.75) is 19.3 Å². The zero-order valence-corrected chi connectivity index (χ0v) is 14.0. The zero-order valence-electron chi connectivity index (χ0n) is 14.0. The molecule has 3 aromatic rings. The minimum Gasteiger partial charge on any atom is -0.451 e. The van der Waals surface area contributed by atoms with E-state index in [2.05, 4.69) is 10.6 Å². The second-order valence-electron chi connectivity index (χ2n) is 6.24. The van der Waals surface area contributed by atoms with Gasteiger partial charge < -0.3 is 15.1 Å². The molecule has 0 spiro atoms. The van der Waals surface area contributed by atoms with E-state index in [4.69, 9.17) is 4.42 Å².